The SMILES string of the molecule is CCC1CCCCN1C(=O)CN1CCNCC1c1cccc(F)c1.Cl. The van der Waals surface area contributed by atoms with Gasteiger partial charge in [0.1, 0.15) is 5.82 Å². The van der Waals surface area contributed by atoms with Crippen molar-refractivity contribution in [2.24, 2.45) is 0 Å². The van der Waals surface area contributed by atoms with E-state index in [1.165, 1.54) is 12.5 Å². The van der Waals surface area contributed by atoms with Crippen molar-refractivity contribution in [1.29, 1.82) is 0 Å². The van der Waals surface area contributed by atoms with Gasteiger partial charge >= 0.3 is 0 Å². The van der Waals surface area contributed by atoms with Gasteiger partial charge in [0.15, 0.2) is 0 Å². The maximum absolute atomic E-state index is 13.6. The quantitative estimate of drug-likeness (QED) is 0.886. The number of nitrogens with one attached hydrogen (secondary N) is 1. The Hall–Kier alpha value is -1.17. The molecular formula is C19H29ClFN3O. The van der Waals surface area contributed by atoms with Crippen LogP contribution in [0.4, 0.5) is 4.39 Å². The van der Waals surface area contributed by atoms with E-state index in [-0.39, 0.29) is 30.2 Å². The molecule has 1 N–H and O–H groups in total. The second-order valence-electron chi connectivity index (χ2n) is 6.89. The zero-order valence-electron chi connectivity index (χ0n) is 14.9. The fourth-order valence-electron chi connectivity index (χ4n) is 4.00. The van der Waals surface area contributed by atoms with Crippen LogP contribution in [0.25, 0.3) is 0 Å². The Labute approximate surface area is 156 Å². The molecular weight excluding hydrogens is 341 g/mol. The van der Waals surface area contributed by atoms with E-state index < -0.39 is 0 Å². The molecule has 0 saturated carbocycles. The summed E-state index contributed by atoms with van der Waals surface area (Å²) in [6.07, 6.45) is 4.48. The highest BCUT2D eigenvalue weighted by molar-refractivity contribution is 5.85. The molecule has 0 radical (unpaired) electrons. The number of likely N-dealkylation sites (tertiary alicyclic amines) is 1. The van der Waals surface area contributed by atoms with Crippen LogP contribution in [0.1, 0.15) is 44.2 Å². The molecule has 0 aliphatic carbocycles. The lowest BCUT2D eigenvalue weighted by atomic mass is 9.99. The Balaban J connectivity index is 0.00000225. The molecule has 3 rings (SSSR count). The summed E-state index contributed by atoms with van der Waals surface area (Å²) in [4.78, 5) is 17.2. The molecule has 1 amide bonds. The molecule has 0 aromatic heterocycles. The second-order valence-corrected chi connectivity index (χ2v) is 6.89. The maximum atomic E-state index is 13.6. The fraction of sp³-hybridized carbons (Fsp3) is 0.632. The molecule has 2 unspecified atom stereocenters. The van der Waals surface area contributed by atoms with Gasteiger partial charge in [-0.25, -0.2) is 4.39 Å². The van der Waals surface area contributed by atoms with Crippen LogP contribution in [0.5, 0.6) is 0 Å². The maximum Gasteiger partial charge on any atom is 0.237 e. The Bertz CT molecular complexity index is 571. The first-order valence-electron chi connectivity index (χ1n) is 9.18. The van der Waals surface area contributed by atoms with Gasteiger partial charge in [0, 0.05) is 38.3 Å². The molecule has 4 nitrogen and oxygen atoms in total. The van der Waals surface area contributed by atoms with E-state index in [2.05, 4.69) is 22.0 Å². The zero-order chi connectivity index (χ0) is 16.9. The monoisotopic (exact) mass is 369 g/mol. The average molecular weight is 370 g/mol. The number of nitrogens with zero attached hydrogens (tertiary/aromatic N) is 2. The van der Waals surface area contributed by atoms with Gasteiger partial charge in [-0.15, -0.1) is 12.4 Å². The molecule has 25 heavy (non-hydrogen) atoms. The standard InChI is InChI=1S/C19H28FN3O.ClH/c1-2-17-8-3-4-10-23(17)19(24)14-22-11-9-21-13-18(22)15-6-5-7-16(20)12-15;/h5-7,12,17-18,21H,2-4,8-11,13-14H2,1H3;1H. The van der Waals surface area contributed by atoms with Crippen LogP contribution in [-0.4, -0.2) is 54.5 Å². The van der Waals surface area contributed by atoms with Gasteiger partial charge < -0.3 is 10.2 Å². The van der Waals surface area contributed by atoms with Gasteiger partial charge in [0.25, 0.3) is 0 Å². The predicted molar refractivity (Wildman–Crippen MR) is 100 cm³/mol. The minimum absolute atomic E-state index is 0. The third-order valence-corrected chi connectivity index (χ3v) is 5.34. The topological polar surface area (TPSA) is 35.6 Å². The first-order chi connectivity index (χ1) is 11.7. The van der Waals surface area contributed by atoms with Gasteiger partial charge in [-0.1, -0.05) is 19.1 Å². The highest BCUT2D eigenvalue weighted by Gasteiger charge is 2.30. The van der Waals surface area contributed by atoms with Gasteiger partial charge in [0.2, 0.25) is 5.91 Å². The third kappa shape index (κ3) is 4.93. The lowest BCUT2D eigenvalue weighted by Crippen LogP contribution is -2.52. The number of rotatable bonds is 4. The van der Waals surface area contributed by atoms with Crippen LogP contribution in [0, 0.1) is 5.82 Å². The Morgan fingerprint density at radius 3 is 2.92 bits per heavy atom. The highest BCUT2D eigenvalue weighted by atomic mass is 35.5. The lowest BCUT2D eigenvalue weighted by Gasteiger charge is -2.40. The normalized spacial score (nSPS) is 24.6. The van der Waals surface area contributed by atoms with Crippen molar-refractivity contribution in [3.05, 3.63) is 35.6 Å². The van der Waals surface area contributed by atoms with E-state index in [0.717, 1.165) is 51.0 Å². The second kappa shape index (κ2) is 9.51. The molecule has 0 bridgehead atoms. The number of carbonyl (C=O) groups is 1. The smallest absolute Gasteiger partial charge is 0.237 e. The highest BCUT2D eigenvalue weighted by Crippen LogP contribution is 2.24. The summed E-state index contributed by atoms with van der Waals surface area (Å²) in [5.74, 6) is 0.0104. The molecule has 2 saturated heterocycles. The lowest BCUT2D eigenvalue weighted by molar-refractivity contribution is -0.137. The van der Waals surface area contributed by atoms with Crippen molar-refractivity contribution in [1.82, 2.24) is 15.1 Å². The number of carbonyl (C=O) groups excluding carboxylic acids is 1. The summed E-state index contributed by atoms with van der Waals surface area (Å²) in [5, 5.41) is 3.37. The number of hydrogen-bond acceptors (Lipinski definition) is 3. The number of hydrogen-bond donors (Lipinski definition) is 1. The number of piperazine rings is 1. The van der Waals surface area contributed by atoms with Crippen LogP contribution in [0.15, 0.2) is 24.3 Å². The first kappa shape index (κ1) is 20.1. The van der Waals surface area contributed by atoms with Crippen molar-refractivity contribution in [2.45, 2.75) is 44.7 Å². The number of amides is 1. The van der Waals surface area contributed by atoms with Crippen LogP contribution in [-0.2, 0) is 4.79 Å². The van der Waals surface area contributed by atoms with Crippen molar-refractivity contribution in [2.75, 3.05) is 32.7 Å². The van der Waals surface area contributed by atoms with Crippen molar-refractivity contribution < 1.29 is 9.18 Å². The summed E-state index contributed by atoms with van der Waals surface area (Å²) < 4.78 is 13.6. The van der Waals surface area contributed by atoms with E-state index in [4.69, 9.17) is 0 Å². The Morgan fingerprint density at radius 2 is 2.16 bits per heavy atom. The number of benzene rings is 1. The predicted octanol–water partition coefficient (Wildman–Crippen LogP) is 2.98. The summed E-state index contributed by atoms with van der Waals surface area (Å²) in [6, 6.07) is 7.20. The van der Waals surface area contributed by atoms with E-state index >= 15 is 0 Å². The summed E-state index contributed by atoms with van der Waals surface area (Å²) >= 11 is 0. The fourth-order valence-corrected chi connectivity index (χ4v) is 4.00. The summed E-state index contributed by atoms with van der Waals surface area (Å²) in [6.45, 7) is 5.92. The number of piperidine rings is 1. The van der Waals surface area contributed by atoms with Crippen molar-refractivity contribution in [3.63, 3.8) is 0 Å². The average Bonchev–Trinajstić information content (AvgIpc) is 2.62. The third-order valence-electron chi connectivity index (χ3n) is 5.34. The molecule has 140 valence electrons. The molecule has 2 fully saturated rings. The molecule has 6 heteroatoms. The largest absolute Gasteiger partial charge is 0.339 e. The summed E-state index contributed by atoms with van der Waals surface area (Å²) in [5.41, 5.74) is 0.945. The van der Waals surface area contributed by atoms with Crippen LogP contribution < -0.4 is 5.32 Å². The first-order valence-corrected chi connectivity index (χ1v) is 9.18. The van der Waals surface area contributed by atoms with E-state index in [0.29, 0.717) is 12.6 Å². The van der Waals surface area contributed by atoms with Crippen molar-refractivity contribution in [3.8, 4) is 0 Å². The molecule has 1 aromatic rings. The Morgan fingerprint density at radius 1 is 1.32 bits per heavy atom. The van der Waals surface area contributed by atoms with E-state index in [1.807, 2.05) is 6.07 Å². The van der Waals surface area contributed by atoms with E-state index in [9.17, 15) is 9.18 Å². The van der Waals surface area contributed by atoms with Crippen LogP contribution in [0.2, 0.25) is 0 Å². The Kier molecular flexibility index (Phi) is 7.66. The molecule has 2 atom stereocenters. The van der Waals surface area contributed by atoms with Crippen LogP contribution in [0.3, 0.4) is 0 Å². The number of halogens is 2. The molecule has 0 spiro atoms. The molecule has 1 aromatic carbocycles. The van der Waals surface area contributed by atoms with E-state index in [1.54, 1.807) is 12.1 Å². The van der Waals surface area contributed by atoms with Gasteiger partial charge in [-0.3, -0.25) is 9.69 Å². The van der Waals surface area contributed by atoms with Gasteiger partial charge in [-0.05, 0) is 43.4 Å². The van der Waals surface area contributed by atoms with Gasteiger partial charge in [0.05, 0.1) is 6.54 Å². The zero-order valence-corrected chi connectivity index (χ0v) is 15.7. The summed E-state index contributed by atoms with van der Waals surface area (Å²) in [7, 11) is 0. The van der Waals surface area contributed by atoms with Gasteiger partial charge in [-0.2, -0.15) is 0 Å². The van der Waals surface area contributed by atoms with Crippen LogP contribution >= 0.6 is 12.4 Å². The molecule has 2 aliphatic heterocycles. The minimum atomic E-state index is -0.216. The molecule has 2 heterocycles. The van der Waals surface area contributed by atoms with Crippen molar-refractivity contribution >= 4 is 18.3 Å². The minimum Gasteiger partial charge on any atom is -0.339 e. The molecule has 2 aliphatic rings.